The maximum atomic E-state index is 4.37. The Labute approximate surface area is 113 Å². The van der Waals surface area contributed by atoms with Gasteiger partial charge in [0.25, 0.3) is 0 Å². The zero-order chi connectivity index (χ0) is 11.4. The van der Waals surface area contributed by atoms with Crippen LogP contribution in [0, 0.1) is 0 Å². The second-order valence-corrected chi connectivity index (χ2v) is 5.73. The molecule has 16 heavy (non-hydrogen) atoms. The van der Waals surface area contributed by atoms with Crippen LogP contribution in [0.25, 0.3) is 0 Å². The van der Waals surface area contributed by atoms with Crippen LogP contribution >= 0.6 is 31.9 Å². The van der Waals surface area contributed by atoms with E-state index in [-0.39, 0.29) is 0 Å². The van der Waals surface area contributed by atoms with E-state index in [9.17, 15) is 0 Å². The SMILES string of the molecule is BrCCCC1CCCN1c1ncc(Br)cn1. The van der Waals surface area contributed by atoms with Crippen molar-refractivity contribution < 1.29 is 0 Å². The fourth-order valence-electron chi connectivity index (χ4n) is 2.17. The first-order valence-electron chi connectivity index (χ1n) is 5.61. The van der Waals surface area contributed by atoms with Gasteiger partial charge in [-0.2, -0.15) is 0 Å². The van der Waals surface area contributed by atoms with Crippen molar-refractivity contribution in [2.45, 2.75) is 31.7 Å². The predicted octanol–water partition coefficient (Wildman–Crippen LogP) is 3.38. The van der Waals surface area contributed by atoms with Crippen LogP contribution in [-0.2, 0) is 0 Å². The van der Waals surface area contributed by atoms with Gasteiger partial charge in [-0.05, 0) is 41.6 Å². The number of alkyl halides is 1. The van der Waals surface area contributed by atoms with E-state index in [1.54, 1.807) is 0 Å². The first-order valence-corrected chi connectivity index (χ1v) is 7.53. The number of nitrogens with zero attached hydrogens (tertiary/aromatic N) is 3. The number of rotatable bonds is 4. The summed E-state index contributed by atoms with van der Waals surface area (Å²) in [4.78, 5) is 11.1. The summed E-state index contributed by atoms with van der Waals surface area (Å²) in [5.41, 5.74) is 0. The molecule has 1 aliphatic rings. The average Bonchev–Trinajstić information content (AvgIpc) is 2.75. The third kappa shape index (κ3) is 2.94. The molecule has 0 radical (unpaired) electrons. The third-order valence-electron chi connectivity index (χ3n) is 2.91. The minimum absolute atomic E-state index is 0.624. The van der Waals surface area contributed by atoms with Gasteiger partial charge in [0.1, 0.15) is 0 Å². The van der Waals surface area contributed by atoms with Crippen molar-refractivity contribution in [3.8, 4) is 0 Å². The number of hydrogen-bond acceptors (Lipinski definition) is 3. The van der Waals surface area contributed by atoms with Crippen molar-refractivity contribution in [3.05, 3.63) is 16.9 Å². The lowest BCUT2D eigenvalue weighted by atomic mass is 10.1. The first kappa shape index (κ1) is 12.3. The predicted molar refractivity (Wildman–Crippen MR) is 73.1 cm³/mol. The molecule has 0 aliphatic carbocycles. The van der Waals surface area contributed by atoms with Crippen LogP contribution in [0.1, 0.15) is 25.7 Å². The smallest absolute Gasteiger partial charge is 0.225 e. The maximum absolute atomic E-state index is 4.37. The fourth-order valence-corrected chi connectivity index (χ4v) is 2.69. The number of halogens is 2. The van der Waals surface area contributed by atoms with Gasteiger partial charge in [0.2, 0.25) is 5.95 Å². The van der Waals surface area contributed by atoms with Crippen LogP contribution in [0.4, 0.5) is 5.95 Å². The van der Waals surface area contributed by atoms with Gasteiger partial charge in [0, 0.05) is 30.3 Å². The average molecular weight is 349 g/mol. The summed E-state index contributed by atoms with van der Waals surface area (Å²) in [5.74, 6) is 0.875. The van der Waals surface area contributed by atoms with Crippen molar-refractivity contribution >= 4 is 37.8 Å². The van der Waals surface area contributed by atoms with Crippen LogP contribution < -0.4 is 4.90 Å². The quantitative estimate of drug-likeness (QED) is 0.781. The Morgan fingerprint density at radius 2 is 2.12 bits per heavy atom. The summed E-state index contributed by atoms with van der Waals surface area (Å²) in [5, 5.41) is 1.08. The molecule has 2 rings (SSSR count). The van der Waals surface area contributed by atoms with E-state index in [0.717, 1.165) is 22.3 Å². The molecule has 1 saturated heterocycles. The minimum atomic E-state index is 0.624. The monoisotopic (exact) mass is 347 g/mol. The van der Waals surface area contributed by atoms with Crippen LogP contribution in [0.3, 0.4) is 0 Å². The molecule has 0 aromatic carbocycles. The molecule has 3 nitrogen and oxygen atoms in total. The van der Waals surface area contributed by atoms with Crippen molar-refractivity contribution in [1.82, 2.24) is 9.97 Å². The van der Waals surface area contributed by atoms with Gasteiger partial charge in [-0.1, -0.05) is 15.9 Å². The molecule has 0 saturated carbocycles. The van der Waals surface area contributed by atoms with Gasteiger partial charge >= 0.3 is 0 Å². The molecule has 1 unspecified atom stereocenters. The van der Waals surface area contributed by atoms with E-state index in [0.29, 0.717) is 6.04 Å². The molecule has 1 fully saturated rings. The Balaban J connectivity index is 2.04. The summed E-state index contributed by atoms with van der Waals surface area (Å²) in [6.45, 7) is 1.09. The van der Waals surface area contributed by atoms with E-state index in [2.05, 4.69) is 46.7 Å². The summed E-state index contributed by atoms with van der Waals surface area (Å²) in [7, 11) is 0. The van der Waals surface area contributed by atoms with Gasteiger partial charge in [0.05, 0.1) is 4.47 Å². The molecule has 0 bridgehead atoms. The topological polar surface area (TPSA) is 29.0 Å². The largest absolute Gasteiger partial charge is 0.338 e. The van der Waals surface area contributed by atoms with Crippen LogP contribution in [-0.4, -0.2) is 27.9 Å². The number of anilines is 1. The van der Waals surface area contributed by atoms with Crippen molar-refractivity contribution in [1.29, 1.82) is 0 Å². The van der Waals surface area contributed by atoms with Crippen LogP contribution in [0.5, 0.6) is 0 Å². The van der Waals surface area contributed by atoms with Crippen molar-refractivity contribution in [2.75, 3.05) is 16.8 Å². The van der Waals surface area contributed by atoms with Gasteiger partial charge < -0.3 is 4.90 Å². The van der Waals surface area contributed by atoms with E-state index in [1.165, 1.54) is 25.7 Å². The van der Waals surface area contributed by atoms with Gasteiger partial charge in [-0.3, -0.25) is 0 Å². The third-order valence-corrected chi connectivity index (χ3v) is 3.88. The molecule has 88 valence electrons. The zero-order valence-corrected chi connectivity index (χ0v) is 12.2. The number of aromatic nitrogens is 2. The van der Waals surface area contributed by atoms with Crippen molar-refractivity contribution in [3.63, 3.8) is 0 Å². The maximum Gasteiger partial charge on any atom is 0.225 e. The summed E-state index contributed by atoms with van der Waals surface area (Å²) < 4.78 is 0.937. The molecule has 0 amide bonds. The van der Waals surface area contributed by atoms with E-state index in [1.807, 2.05) is 12.4 Å². The highest BCUT2D eigenvalue weighted by Gasteiger charge is 2.25. The Hall–Kier alpha value is -0.160. The molecule has 5 heteroatoms. The van der Waals surface area contributed by atoms with Gasteiger partial charge in [-0.25, -0.2) is 9.97 Å². The zero-order valence-electron chi connectivity index (χ0n) is 9.07. The first-order chi connectivity index (χ1) is 7.81. The molecule has 1 aromatic rings. The lowest BCUT2D eigenvalue weighted by molar-refractivity contribution is 0.595. The summed E-state index contributed by atoms with van der Waals surface area (Å²) in [6, 6.07) is 0.624. The normalized spacial score (nSPS) is 20.4. The summed E-state index contributed by atoms with van der Waals surface area (Å²) in [6.07, 6.45) is 8.62. The van der Waals surface area contributed by atoms with Gasteiger partial charge in [0.15, 0.2) is 0 Å². The highest BCUT2D eigenvalue weighted by Crippen LogP contribution is 2.25. The molecule has 2 heterocycles. The Bertz CT molecular complexity index is 329. The standard InChI is InChI=1S/C11H15Br2N3/c12-5-1-3-10-4-2-6-16(10)11-14-7-9(13)8-15-11/h7-8,10H,1-6H2. The van der Waals surface area contributed by atoms with Crippen LogP contribution in [0.15, 0.2) is 16.9 Å². The van der Waals surface area contributed by atoms with Gasteiger partial charge in [-0.15, -0.1) is 0 Å². The second kappa shape index (κ2) is 5.96. The van der Waals surface area contributed by atoms with Crippen molar-refractivity contribution in [2.24, 2.45) is 0 Å². The van der Waals surface area contributed by atoms with Crippen LogP contribution in [0.2, 0.25) is 0 Å². The molecular formula is C11H15Br2N3. The minimum Gasteiger partial charge on any atom is -0.338 e. The second-order valence-electron chi connectivity index (χ2n) is 4.02. The van der Waals surface area contributed by atoms with E-state index >= 15 is 0 Å². The molecule has 1 aliphatic heterocycles. The highest BCUT2D eigenvalue weighted by atomic mass is 79.9. The van der Waals surface area contributed by atoms with E-state index < -0.39 is 0 Å². The number of hydrogen-bond donors (Lipinski definition) is 0. The summed E-state index contributed by atoms with van der Waals surface area (Å²) >= 11 is 6.85. The lowest BCUT2D eigenvalue weighted by Gasteiger charge is -2.24. The fraction of sp³-hybridized carbons (Fsp3) is 0.636. The Kier molecular flexibility index (Phi) is 4.58. The molecule has 1 aromatic heterocycles. The molecular weight excluding hydrogens is 334 g/mol. The Morgan fingerprint density at radius 1 is 1.38 bits per heavy atom. The molecule has 0 N–H and O–H groups in total. The molecule has 1 atom stereocenters. The molecule has 0 spiro atoms. The highest BCUT2D eigenvalue weighted by molar-refractivity contribution is 9.10. The lowest BCUT2D eigenvalue weighted by Crippen LogP contribution is -2.30. The Morgan fingerprint density at radius 3 is 2.81 bits per heavy atom. The van der Waals surface area contributed by atoms with E-state index in [4.69, 9.17) is 0 Å².